The first-order valence-electron chi connectivity index (χ1n) is 6.69. The van der Waals surface area contributed by atoms with Crippen LogP contribution in [0.2, 0.25) is 0 Å². The van der Waals surface area contributed by atoms with E-state index < -0.39 is 11.8 Å². The molecule has 1 aromatic heterocycles. The van der Waals surface area contributed by atoms with E-state index in [1.54, 1.807) is 13.1 Å². The third-order valence-electron chi connectivity index (χ3n) is 4.93. The molecule has 7 heteroatoms. The molecular formula is C13H16N4O3. The van der Waals surface area contributed by atoms with Gasteiger partial charge >= 0.3 is 6.03 Å². The lowest BCUT2D eigenvalue weighted by Gasteiger charge is -2.32. The van der Waals surface area contributed by atoms with Gasteiger partial charge < -0.3 is 20.3 Å². The van der Waals surface area contributed by atoms with Gasteiger partial charge in [-0.3, -0.25) is 9.69 Å². The lowest BCUT2D eigenvalue weighted by atomic mass is 10.1. The molecule has 4 atom stereocenters. The van der Waals surface area contributed by atoms with Crippen molar-refractivity contribution in [1.82, 2.24) is 20.1 Å². The standard InChI is InChI=1S/C13H16N4O3/c1-6-3-4-7-11(18)14-9-8(17(6)7)5-13(20)10(9)15-12(19)16(13)2/h3-4,8-10,20H,5H2,1-2H3,(H,14,18)(H,15,19)/t8-,9-,10+,13+/m1/s1. The summed E-state index contributed by atoms with van der Waals surface area (Å²) in [5, 5.41) is 16.5. The Kier molecular flexibility index (Phi) is 1.97. The largest absolute Gasteiger partial charge is 0.368 e. The second kappa shape index (κ2) is 3.35. The van der Waals surface area contributed by atoms with Crippen LogP contribution in [-0.4, -0.2) is 51.4 Å². The lowest BCUT2D eigenvalue weighted by molar-refractivity contribution is -0.0561. The SMILES string of the molecule is Cc1ccc2n1[C@@H]1C[C@]3(O)[C@@H](NC(=O)N3C)[C@@H]1NC2=O. The van der Waals surface area contributed by atoms with Crippen LogP contribution in [0.1, 0.15) is 28.6 Å². The van der Waals surface area contributed by atoms with E-state index >= 15 is 0 Å². The van der Waals surface area contributed by atoms with E-state index in [2.05, 4.69) is 10.6 Å². The quantitative estimate of drug-likeness (QED) is 0.601. The molecule has 1 aromatic rings. The summed E-state index contributed by atoms with van der Waals surface area (Å²) < 4.78 is 1.97. The van der Waals surface area contributed by atoms with Crippen LogP contribution < -0.4 is 10.6 Å². The molecule has 3 heterocycles. The maximum absolute atomic E-state index is 12.2. The molecule has 0 bridgehead atoms. The van der Waals surface area contributed by atoms with E-state index in [9.17, 15) is 14.7 Å². The number of aromatic nitrogens is 1. The number of carbonyl (C=O) groups excluding carboxylic acids is 2. The van der Waals surface area contributed by atoms with Crippen molar-refractivity contribution in [1.29, 1.82) is 0 Å². The molecule has 1 saturated carbocycles. The van der Waals surface area contributed by atoms with Crippen LogP contribution in [0, 0.1) is 6.92 Å². The predicted molar refractivity (Wildman–Crippen MR) is 69.1 cm³/mol. The van der Waals surface area contributed by atoms with Crippen molar-refractivity contribution in [3.63, 3.8) is 0 Å². The highest BCUT2D eigenvalue weighted by Gasteiger charge is 2.63. The molecule has 3 aliphatic rings. The van der Waals surface area contributed by atoms with Crippen LogP contribution in [0.15, 0.2) is 12.1 Å². The first-order chi connectivity index (χ1) is 9.43. The molecule has 0 radical (unpaired) electrons. The second-order valence-electron chi connectivity index (χ2n) is 5.87. The summed E-state index contributed by atoms with van der Waals surface area (Å²) >= 11 is 0. The molecule has 4 rings (SSSR count). The van der Waals surface area contributed by atoms with E-state index in [-0.39, 0.29) is 24.0 Å². The van der Waals surface area contributed by atoms with Crippen LogP contribution in [0.25, 0.3) is 0 Å². The van der Waals surface area contributed by atoms with Crippen molar-refractivity contribution < 1.29 is 14.7 Å². The summed E-state index contributed by atoms with van der Waals surface area (Å²) in [5.74, 6) is -0.160. The Hall–Kier alpha value is -2.02. The van der Waals surface area contributed by atoms with E-state index in [0.717, 1.165) is 5.69 Å². The Bertz CT molecular complexity index is 640. The van der Waals surface area contributed by atoms with Gasteiger partial charge in [0.2, 0.25) is 0 Å². The van der Waals surface area contributed by atoms with Gasteiger partial charge in [-0.05, 0) is 19.1 Å². The van der Waals surface area contributed by atoms with Gasteiger partial charge in [-0.2, -0.15) is 0 Å². The number of nitrogens with one attached hydrogen (secondary N) is 2. The minimum atomic E-state index is -1.25. The zero-order valence-corrected chi connectivity index (χ0v) is 11.3. The van der Waals surface area contributed by atoms with Gasteiger partial charge in [0.1, 0.15) is 11.7 Å². The number of urea groups is 1. The van der Waals surface area contributed by atoms with E-state index in [1.807, 2.05) is 17.6 Å². The fourth-order valence-corrected chi connectivity index (χ4v) is 3.86. The molecule has 3 amide bonds. The second-order valence-corrected chi connectivity index (χ2v) is 5.87. The van der Waals surface area contributed by atoms with E-state index in [0.29, 0.717) is 12.1 Å². The van der Waals surface area contributed by atoms with Crippen molar-refractivity contribution in [3.05, 3.63) is 23.5 Å². The van der Waals surface area contributed by atoms with Gasteiger partial charge in [-0.15, -0.1) is 0 Å². The Morgan fingerprint density at radius 2 is 2.10 bits per heavy atom. The monoisotopic (exact) mass is 276 g/mol. The van der Waals surface area contributed by atoms with Crippen molar-refractivity contribution in [2.45, 2.75) is 37.2 Å². The first kappa shape index (κ1) is 11.8. The van der Waals surface area contributed by atoms with E-state index in [4.69, 9.17) is 0 Å². The summed E-state index contributed by atoms with van der Waals surface area (Å²) in [4.78, 5) is 25.2. The van der Waals surface area contributed by atoms with Gasteiger partial charge in [-0.1, -0.05) is 0 Å². The predicted octanol–water partition coefficient (Wildman–Crippen LogP) is -0.434. The molecule has 2 fully saturated rings. The summed E-state index contributed by atoms with van der Waals surface area (Å²) in [6.07, 6.45) is 0.403. The molecule has 7 nitrogen and oxygen atoms in total. The summed E-state index contributed by atoms with van der Waals surface area (Å²) in [6.45, 7) is 1.94. The number of hydrogen-bond donors (Lipinski definition) is 3. The number of carbonyl (C=O) groups is 2. The Labute approximate surface area is 115 Å². The van der Waals surface area contributed by atoms with Crippen LogP contribution in [0.5, 0.6) is 0 Å². The van der Waals surface area contributed by atoms with E-state index in [1.165, 1.54) is 4.90 Å². The fourth-order valence-electron chi connectivity index (χ4n) is 3.86. The molecule has 20 heavy (non-hydrogen) atoms. The van der Waals surface area contributed by atoms with Crippen molar-refractivity contribution >= 4 is 11.9 Å². The lowest BCUT2D eigenvalue weighted by Crippen LogP contribution is -2.56. The van der Waals surface area contributed by atoms with Gasteiger partial charge in [0, 0.05) is 19.2 Å². The number of nitrogens with zero attached hydrogens (tertiary/aromatic N) is 2. The third-order valence-corrected chi connectivity index (χ3v) is 4.93. The molecule has 1 aliphatic carbocycles. The molecule has 106 valence electrons. The molecule has 3 N–H and O–H groups in total. The molecule has 2 aliphatic heterocycles. The highest BCUT2D eigenvalue weighted by Crippen LogP contribution is 2.45. The van der Waals surface area contributed by atoms with Gasteiger partial charge in [0.25, 0.3) is 5.91 Å². The smallest absolute Gasteiger partial charge is 0.319 e. The number of likely N-dealkylation sites (N-methyl/N-ethyl adjacent to an activating group) is 1. The van der Waals surface area contributed by atoms with Crippen molar-refractivity contribution in [2.24, 2.45) is 0 Å². The van der Waals surface area contributed by atoms with Crippen LogP contribution in [0.4, 0.5) is 4.79 Å². The maximum Gasteiger partial charge on any atom is 0.319 e. The van der Waals surface area contributed by atoms with Crippen LogP contribution >= 0.6 is 0 Å². The van der Waals surface area contributed by atoms with Gasteiger partial charge in [0.15, 0.2) is 5.72 Å². The number of aliphatic hydroxyl groups is 1. The number of aryl methyl sites for hydroxylation is 1. The zero-order chi connectivity index (χ0) is 14.2. The topological polar surface area (TPSA) is 86.6 Å². The number of fused-ring (bicyclic) bond motifs is 5. The molecule has 0 aromatic carbocycles. The number of amides is 3. The number of rotatable bonds is 0. The van der Waals surface area contributed by atoms with Crippen LogP contribution in [0.3, 0.4) is 0 Å². The average molecular weight is 276 g/mol. The summed E-state index contributed by atoms with van der Waals surface area (Å²) in [6, 6.07) is 2.57. The average Bonchev–Trinajstić information content (AvgIpc) is 2.97. The Balaban J connectivity index is 1.83. The van der Waals surface area contributed by atoms with Crippen molar-refractivity contribution in [3.8, 4) is 0 Å². The van der Waals surface area contributed by atoms with Gasteiger partial charge in [-0.25, -0.2) is 4.79 Å². The normalized spacial score (nSPS) is 38.1. The molecule has 0 spiro atoms. The Morgan fingerprint density at radius 3 is 2.85 bits per heavy atom. The summed E-state index contributed by atoms with van der Waals surface area (Å²) in [5.41, 5.74) is 0.349. The molecule has 1 saturated heterocycles. The van der Waals surface area contributed by atoms with Gasteiger partial charge in [0.05, 0.1) is 12.1 Å². The first-order valence-corrected chi connectivity index (χ1v) is 6.69. The molecule has 0 unspecified atom stereocenters. The maximum atomic E-state index is 12.2. The van der Waals surface area contributed by atoms with Crippen molar-refractivity contribution in [2.75, 3.05) is 7.05 Å². The molecular weight excluding hydrogens is 260 g/mol. The highest BCUT2D eigenvalue weighted by atomic mass is 16.3. The minimum Gasteiger partial charge on any atom is -0.368 e. The summed E-state index contributed by atoms with van der Waals surface area (Å²) in [7, 11) is 1.58. The third kappa shape index (κ3) is 1.14. The minimum absolute atomic E-state index is 0.0456. The van der Waals surface area contributed by atoms with Crippen LogP contribution in [-0.2, 0) is 0 Å². The zero-order valence-electron chi connectivity index (χ0n) is 11.3. The Morgan fingerprint density at radius 1 is 1.35 bits per heavy atom. The highest BCUT2D eigenvalue weighted by molar-refractivity contribution is 5.94. The number of hydrogen-bond acceptors (Lipinski definition) is 3. The fraction of sp³-hybridized carbons (Fsp3) is 0.538.